The lowest BCUT2D eigenvalue weighted by Gasteiger charge is -2.09. The average Bonchev–Trinajstić information content (AvgIpc) is 2.01. The third-order valence-electron chi connectivity index (χ3n) is 1.53. The van der Waals surface area contributed by atoms with Gasteiger partial charge in [0.05, 0.1) is 5.02 Å². The number of halogens is 2. The Hall–Kier alpha value is -0.740. The molecule has 76 valence electrons. The Morgan fingerprint density at radius 2 is 2.29 bits per heavy atom. The first kappa shape index (κ1) is 11.3. The summed E-state index contributed by atoms with van der Waals surface area (Å²) in [7, 11) is 0. The first-order chi connectivity index (χ1) is 6.50. The predicted molar refractivity (Wildman–Crippen MR) is 57.0 cm³/mol. The van der Waals surface area contributed by atoms with Gasteiger partial charge in [-0.05, 0) is 24.6 Å². The van der Waals surface area contributed by atoms with Gasteiger partial charge in [-0.2, -0.15) is 0 Å². The van der Waals surface area contributed by atoms with Crippen LogP contribution >= 0.6 is 27.5 Å². The molecule has 0 radical (unpaired) electrons. The average molecular weight is 280 g/mol. The van der Waals surface area contributed by atoms with Gasteiger partial charge in [-0.1, -0.05) is 27.5 Å². The Balaban J connectivity index is 2.91. The van der Waals surface area contributed by atoms with Crippen molar-refractivity contribution >= 4 is 33.5 Å². The summed E-state index contributed by atoms with van der Waals surface area (Å²) >= 11 is 9.14. The van der Waals surface area contributed by atoms with Crippen molar-refractivity contribution in [2.24, 2.45) is 0 Å². The van der Waals surface area contributed by atoms with Crippen LogP contribution in [0.5, 0.6) is 5.75 Å². The quantitative estimate of drug-likeness (QED) is 0.925. The van der Waals surface area contributed by atoms with Gasteiger partial charge in [0.1, 0.15) is 5.75 Å². The summed E-state index contributed by atoms with van der Waals surface area (Å²) in [6.45, 7) is 1.41. The van der Waals surface area contributed by atoms with Crippen LogP contribution in [0.2, 0.25) is 5.02 Å². The maximum Gasteiger partial charge on any atom is 0.341 e. The Kier molecular flexibility index (Phi) is 3.77. The normalized spacial score (nSPS) is 9.93. The van der Waals surface area contributed by atoms with Crippen molar-refractivity contribution in [3.8, 4) is 5.75 Å². The summed E-state index contributed by atoms with van der Waals surface area (Å²) < 4.78 is 5.87. The molecule has 0 bridgehead atoms. The van der Waals surface area contributed by atoms with Crippen molar-refractivity contribution in [2.45, 2.75) is 6.92 Å². The Labute approximate surface area is 94.8 Å². The molecule has 0 heterocycles. The number of carboxylic acids is 1. The zero-order valence-electron chi connectivity index (χ0n) is 7.38. The molecule has 0 aliphatic rings. The molecule has 0 fully saturated rings. The standard InChI is InChI=1S/C9H8BrClO3/c1-5-2-6(10)3-7(11)9(5)14-4-8(12)13/h2-3H,4H2,1H3,(H,12,13). The molecular formula is C9H8BrClO3. The minimum absolute atomic E-state index is 0.387. The molecule has 0 aromatic heterocycles. The summed E-state index contributed by atoms with van der Waals surface area (Å²) in [5, 5.41) is 8.83. The second-order valence-corrected chi connectivity index (χ2v) is 4.04. The molecule has 1 rings (SSSR count). The number of aliphatic carboxylic acids is 1. The smallest absolute Gasteiger partial charge is 0.341 e. The van der Waals surface area contributed by atoms with E-state index >= 15 is 0 Å². The number of carbonyl (C=O) groups is 1. The molecule has 0 unspecified atom stereocenters. The Morgan fingerprint density at radius 3 is 2.79 bits per heavy atom. The zero-order chi connectivity index (χ0) is 10.7. The maximum atomic E-state index is 10.3. The summed E-state index contributed by atoms with van der Waals surface area (Å²) in [5.74, 6) is -0.611. The van der Waals surface area contributed by atoms with Crippen molar-refractivity contribution in [3.63, 3.8) is 0 Å². The fraction of sp³-hybridized carbons (Fsp3) is 0.222. The van der Waals surface area contributed by atoms with E-state index < -0.39 is 5.97 Å². The fourth-order valence-corrected chi connectivity index (χ4v) is 2.03. The van der Waals surface area contributed by atoms with E-state index in [1.165, 1.54) is 0 Å². The third-order valence-corrected chi connectivity index (χ3v) is 2.27. The second kappa shape index (κ2) is 4.66. The van der Waals surface area contributed by atoms with Crippen molar-refractivity contribution in [1.82, 2.24) is 0 Å². The Bertz CT molecular complexity index is 342. The van der Waals surface area contributed by atoms with Crippen LogP contribution in [-0.2, 0) is 4.79 Å². The molecule has 1 aromatic rings. The van der Waals surface area contributed by atoms with Gasteiger partial charge in [-0.3, -0.25) is 0 Å². The van der Waals surface area contributed by atoms with E-state index in [-0.39, 0.29) is 6.61 Å². The van der Waals surface area contributed by atoms with E-state index in [4.69, 9.17) is 21.4 Å². The molecule has 0 atom stereocenters. The summed E-state index contributed by atoms with van der Waals surface area (Å²) in [5.41, 5.74) is 0.797. The van der Waals surface area contributed by atoms with Crippen molar-refractivity contribution in [2.75, 3.05) is 6.61 Å². The van der Waals surface area contributed by atoms with Gasteiger partial charge in [0.15, 0.2) is 6.61 Å². The number of hydrogen-bond acceptors (Lipinski definition) is 2. The van der Waals surface area contributed by atoms with Crippen molar-refractivity contribution < 1.29 is 14.6 Å². The molecule has 3 nitrogen and oxygen atoms in total. The number of carboxylic acid groups (broad SMARTS) is 1. The van der Waals surface area contributed by atoms with Gasteiger partial charge < -0.3 is 9.84 Å². The van der Waals surface area contributed by atoms with Gasteiger partial charge >= 0.3 is 5.97 Å². The highest BCUT2D eigenvalue weighted by Gasteiger charge is 2.08. The molecule has 0 aliphatic carbocycles. The van der Waals surface area contributed by atoms with E-state index in [2.05, 4.69) is 15.9 Å². The highest BCUT2D eigenvalue weighted by molar-refractivity contribution is 9.10. The lowest BCUT2D eigenvalue weighted by molar-refractivity contribution is -0.139. The van der Waals surface area contributed by atoms with Crippen LogP contribution in [0.4, 0.5) is 0 Å². The SMILES string of the molecule is Cc1cc(Br)cc(Cl)c1OCC(=O)O. The predicted octanol–water partition coefficient (Wildman–Crippen LogP) is 2.87. The first-order valence-electron chi connectivity index (χ1n) is 3.81. The number of rotatable bonds is 3. The molecule has 0 saturated carbocycles. The summed E-state index contributed by atoms with van der Waals surface area (Å²) in [4.78, 5) is 10.3. The number of aryl methyl sites for hydroxylation is 1. The van der Waals surface area contributed by atoms with Gasteiger partial charge in [0.2, 0.25) is 0 Å². The minimum Gasteiger partial charge on any atom is -0.480 e. The lowest BCUT2D eigenvalue weighted by Crippen LogP contribution is -2.10. The third kappa shape index (κ3) is 2.89. The Morgan fingerprint density at radius 1 is 1.64 bits per heavy atom. The number of hydrogen-bond donors (Lipinski definition) is 1. The monoisotopic (exact) mass is 278 g/mol. The largest absolute Gasteiger partial charge is 0.480 e. The highest BCUT2D eigenvalue weighted by atomic mass is 79.9. The summed E-state index contributed by atoms with van der Waals surface area (Å²) in [6, 6.07) is 3.47. The molecular weight excluding hydrogens is 271 g/mol. The van der Waals surface area contributed by atoms with Crippen molar-refractivity contribution in [1.29, 1.82) is 0 Å². The van der Waals surface area contributed by atoms with Gasteiger partial charge in [-0.15, -0.1) is 0 Å². The van der Waals surface area contributed by atoms with Crippen LogP contribution in [0, 0.1) is 6.92 Å². The van der Waals surface area contributed by atoms with Crippen LogP contribution < -0.4 is 4.74 Å². The van der Waals surface area contributed by atoms with Crippen LogP contribution in [0.25, 0.3) is 0 Å². The minimum atomic E-state index is -1.02. The molecule has 1 N–H and O–H groups in total. The molecule has 14 heavy (non-hydrogen) atoms. The topological polar surface area (TPSA) is 46.5 Å². The van der Waals surface area contributed by atoms with Crippen LogP contribution in [0.1, 0.15) is 5.56 Å². The lowest BCUT2D eigenvalue weighted by atomic mass is 10.2. The highest BCUT2D eigenvalue weighted by Crippen LogP contribution is 2.31. The van der Waals surface area contributed by atoms with Crippen LogP contribution in [0.3, 0.4) is 0 Å². The fourth-order valence-electron chi connectivity index (χ4n) is 1.01. The van der Waals surface area contributed by atoms with E-state index in [9.17, 15) is 4.79 Å². The maximum absolute atomic E-state index is 10.3. The summed E-state index contributed by atoms with van der Waals surface area (Å²) in [6.07, 6.45) is 0. The second-order valence-electron chi connectivity index (χ2n) is 2.72. The molecule has 0 amide bonds. The van der Waals surface area contributed by atoms with Gasteiger partial charge in [-0.25, -0.2) is 4.79 Å². The van der Waals surface area contributed by atoms with E-state index in [0.29, 0.717) is 10.8 Å². The molecule has 1 aromatic carbocycles. The van der Waals surface area contributed by atoms with E-state index in [1.807, 2.05) is 6.07 Å². The molecule has 5 heteroatoms. The number of benzene rings is 1. The van der Waals surface area contributed by atoms with Crippen molar-refractivity contribution in [3.05, 3.63) is 27.2 Å². The van der Waals surface area contributed by atoms with Gasteiger partial charge in [0, 0.05) is 4.47 Å². The zero-order valence-corrected chi connectivity index (χ0v) is 9.72. The van der Waals surface area contributed by atoms with Crippen LogP contribution in [-0.4, -0.2) is 17.7 Å². The molecule has 0 aliphatic heterocycles. The molecule has 0 spiro atoms. The van der Waals surface area contributed by atoms with E-state index in [0.717, 1.165) is 10.0 Å². The molecule has 0 saturated heterocycles. The van der Waals surface area contributed by atoms with Crippen LogP contribution in [0.15, 0.2) is 16.6 Å². The number of ether oxygens (including phenoxy) is 1. The first-order valence-corrected chi connectivity index (χ1v) is 4.98. The van der Waals surface area contributed by atoms with Gasteiger partial charge in [0.25, 0.3) is 0 Å². The van der Waals surface area contributed by atoms with E-state index in [1.54, 1.807) is 13.0 Å².